The van der Waals surface area contributed by atoms with Gasteiger partial charge < -0.3 is 15.2 Å². The normalized spacial score (nSPS) is 14.4. The molecule has 0 fully saturated rings. The molecular weight excluding hydrogens is 245 g/mol. The zero-order valence-corrected chi connectivity index (χ0v) is 11.9. The molecular formula is C15H24FNO2. The van der Waals surface area contributed by atoms with Gasteiger partial charge in [-0.2, -0.15) is 0 Å². The van der Waals surface area contributed by atoms with Crippen molar-refractivity contribution in [2.45, 2.75) is 45.2 Å². The van der Waals surface area contributed by atoms with Gasteiger partial charge in [0.15, 0.2) is 11.6 Å². The van der Waals surface area contributed by atoms with Crippen LogP contribution in [0.1, 0.15) is 33.6 Å². The Morgan fingerprint density at radius 2 is 2.05 bits per heavy atom. The first-order valence-electron chi connectivity index (χ1n) is 6.73. The Labute approximate surface area is 114 Å². The Kier molecular flexibility index (Phi) is 6.25. The van der Waals surface area contributed by atoms with E-state index in [4.69, 9.17) is 4.74 Å². The number of rotatable bonds is 8. The lowest BCUT2D eigenvalue weighted by molar-refractivity contribution is 0.147. The first-order valence-corrected chi connectivity index (χ1v) is 6.73. The molecule has 0 aliphatic carbocycles. The Morgan fingerprint density at radius 1 is 1.37 bits per heavy atom. The lowest BCUT2D eigenvalue weighted by Crippen LogP contribution is -2.49. The summed E-state index contributed by atoms with van der Waals surface area (Å²) in [6.07, 6.45) is 1.53. The van der Waals surface area contributed by atoms with Crippen LogP contribution in [-0.4, -0.2) is 29.9 Å². The highest BCUT2D eigenvalue weighted by Gasteiger charge is 2.23. The minimum Gasteiger partial charge on any atom is -0.491 e. The van der Waals surface area contributed by atoms with Gasteiger partial charge >= 0.3 is 0 Å². The molecule has 1 atom stereocenters. The molecule has 0 bridgehead atoms. The molecule has 0 aromatic heterocycles. The van der Waals surface area contributed by atoms with Crippen molar-refractivity contribution >= 4 is 0 Å². The summed E-state index contributed by atoms with van der Waals surface area (Å²) >= 11 is 0. The SMILES string of the molecule is CC(C)NC(C)(CO)CCCOc1ccccc1F. The van der Waals surface area contributed by atoms with Crippen LogP contribution in [0.15, 0.2) is 24.3 Å². The molecule has 0 saturated heterocycles. The van der Waals surface area contributed by atoms with Crippen molar-refractivity contribution in [3.05, 3.63) is 30.1 Å². The van der Waals surface area contributed by atoms with Crippen molar-refractivity contribution in [3.8, 4) is 5.75 Å². The summed E-state index contributed by atoms with van der Waals surface area (Å²) in [6.45, 7) is 6.59. The van der Waals surface area contributed by atoms with Crippen molar-refractivity contribution in [2.24, 2.45) is 0 Å². The molecule has 0 spiro atoms. The molecule has 0 aliphatic rings. The van der Waals surface area contributed by atoms with Gasteiger partial charge in [-0.15, -0.1) is 0 Å². The van der Waals surface area contributed by atoms with Crippen molar-refractivity contribution < 1.29 is 14.2 Å². The molecule has 108 valence electrons. The summed E-state index contributed by atoms with van der Waals surface area (Å²) in [5.41, 5.74) is -0.313. The van der Waals surface area contributed by atoms with E-state index in [2.05, 4.69) is 5.32 Å². The van der Waals surface area contributed by atoms with Crippen LogP contribution < -0.4 is 10.1 Å². The number of aliphatic hydroxyl groups is 1. The van der Waals surface area contributed by atoms with E-state index in [1.165, 1.54) is 6.07 Å². The van der Waals surface area contributed by atoms with Crippen molar-refractivity contribution in [3.63, 3.8) is 0 Å². The minimum absolute atomic E-state index is 0.0743. The predicted octanol–water partition coefficient (Wildman–Crippen LogP) is 2.73. The average molecular weight is 269 g/mol. The minimum atomic E-state index is -0.340. The third-order valence-corrected chi connectivity index (χ3v) is 2.95. The van der Waals surface area contributed by atoms with E-state index in [1.54, 1.807) is 18.2 Å². The van der Waals surface area contributed by atoms with Crippen LogP contribution >= 0.6 is 0 Å². The molecule has 0 saturated carbocycles. The monoisotopic (exact) mass is 269 g/mol. The molecule has 0 heterocycles. The largest absolute Gasteiger partial charge is 0.491 e. The number of ether oxygens (including phenoxy) is 1. The molecule has 1 rings (SSSR count). The van der Waals surface area contributed by atoms with Gasteiger partial charge in [0.2, 0.25) is 0 Å². The Bertz CT molecular complexity index is 384. The first kappa shape index (κ1) is 15.9. The van der Waals surface area contributed by atoms with Crippen LogP contribution in [0.3, 0.4) is 0 Å². The molecule has 0 amide bonds. The van der Waals surface area contributed by atoms with Crippen LogP contribution in [0.2, 0.25) is 0 Å². The molecule has 3 nitrogen and oxygen atoms in total. The second-order valence-electron chi connectivity index (χ2n) is 5.40. The zero-order valence-electron chi connectivity index (χ0n) is 11.9. The second-order valence-corrected chi connectivity index (χ2v) is 5.40. The van der Waals surface area contributed by atoms with Crippen LogP contribution in [0, 0.1) is 5.82 Å². The van der Waals surface area contributed by atoms with Gasteiger partial charge in [0, 0.05) is 11.6 Å². The lowest BCUT2D eigenvalue weighted by atomic mass is 9.96. The maximum atomic E-state index is 13.3. The van der Waals surface area contributed by atoms with Gasteiger partial charge in [0.25, 0.3) is 0 Å². The van der Waals surface area contributed by atoms with Gasteiger partial charge in [-0.05, 0) is 31.9 Å². The highest BCUT2D eigenvalue weighted by Crippen LogP contribution is 2.17. The average Bonchev–Trinajstić information content (AvgIpc) is 2.36. The summed E-state index contributed by atoms with van der Waals surface area (Å²) in [6, 6.07) is 6.69. The van der Waals surface area contributed by atoms with Crippen LogP contribution in [0.4, 0.5) is 4.39 Å². The molecule has 0 radical (unpaired) electrons. The standard InChI is InChI=1S/C15H24FNO2/c1-12(2)17-15(3,11-18)9-6-10-19-14-8-5-4-7-13(14)16/h4-5,7-8,12,17-18H,6,9-11H2,1-3H3. The summed E-state index contributed by atoms with van der Waals surface area (Å²) in [5.74, 6) is -0.0576. The summed E-state index contributed by atoms with van der Waals surface area (Å²) in [7, 11) is 0. The number of aliphatic hydroxyl groups excluding tert-OH is 1. The number of halogens is 1. The van der Waals surface area contributed by atoms with E-state index >= 15 is 0 Å². The summed E-state index contributed by atoms with van der Waals surface area (Å²) < 4.78 is 18.7. The molecule has 2 N–H and O–H groups in total. The number of hydrogen-bond acceptors (Lipinski definition) is 3. The van der Waals surface area contributed by atoms with Gasteiger partial charge in [-0.1, -0.05) is 26.0 Å². The van der Waals surface area contributed by atoms with Gasteiger partial charge in [-0.25, -0.2) is 4.39 Å². The highest BCUT2D eigenvalue weighted by atomic mass is 19.1. The Hall–Kier alpha value is -1.13. The van der Waals surface area contributed by atoms with Crippen LogP contribution in [-0.2, 0) is 0 Å². The van der Waals surface area contributed by atoms with E-state index in [0.29, 0.717) is 12.6 Å². The topological polar surface area (TPSA) is 41.5 Å². The van der Waals surface area contributed by atoms with E-state index in [-0.39, 0.29) is 23.7 Å². The quantitative estimate of drug-likeness (QED) is 0.713. The Morgan fingerprint density at radius 3 is 2.63 bits per heavy atom. The first-order chi connectivity index (χ1) is 8.97. The number of benzene rings is 1. The lowest BCUT2D eigenvalue weighted by Gasteiger charge is -2.31. The zero-order chi connectivity index (χ0) is 14.3. The molecule has 4 heteroatoms. The van der Waals surface area contributed by atoms with Crippen molar-refractivity contribution in [1.29, 1.82) is 0 Å². The molecule has 1 aromatic carbocycles. The molecule has 1 aromatic rings. The highest BCUT2D eigenvalue weighted by molar-refractivity contribution is 5.23. The van der Waals surface area contributed by atoms with Gasteiger partial charge in [0.05, 0.1) is 13.2 Å². The van der Waals surface area contributed by atoms with Gasteiger partial charge in [-0.3, -0.25) is 0 Å². The fraction of sp³-hybridized carbons (Fsp3) is 0.600. The van der Waals surface area contributed by atoms with Crippen molar-refractivity contribution in [2.75, 3.05) is 13.2 Å². The summed E-state index contributed by atoms with van der Waals surface area (Å²) in [5, 5.41) is 12.8. The third kappa shape index (κ3) is 5.57. The molecule has 0 aliphatic heterocycles. The molecule has 1 unspecified atom stereocenters. The van der Waals surface area contributed by atoms with Crippen LogP contribution in [0.5, 0.6) is 5.75 Å². The number of hydrogen-bond donors (Lipinski definition) is 2. The van der Waals surface area contributed by atoms with E-state index in [1.807, 2.05) is 20.8 Å². The summed E-state index contributed by atoms with van der Waals surface area (Å²) in [4.78, 5) is 0. The van der Waals surface area contributed by atoms with E-state index < -0.39 is 0 Å². The van der Waals surface area contributed by atoms with Gasteiger partial charge in [0.1, 0.15) is 0 Å². The maximum absolute atomic E-state index is 13.3. The fourth-order valence-electron chi connectivity index (χ4n) is 2.10. The van der Waals surface area contributed by atoms with E-state index in [9.17, 15) is 9.50 Å². The third-order valence-electron chi connectivity index (χ3n) is 2.95. The smallest absolute Gasteiger partial charge is 0.165 e. The number of nitrogens with one attached hydrogen (secondary N) is 1. The number of para-hydroxylation sites is 1. The fourth-order valence-corrected chi connectivity index (χ4v) is 2.10. The van der Waals surface area contributed by atoms with Crippen LogP contribution in [0.25, 0.3) is 0 Å². The maximum Gasteiger partial charge on any atom is 0.165 e. The van der Waals surface area contributed by atoms with Crippen molar-refractivity contribution in [1.82, 2.24) is 5.32 Å². The molecule has 19 heavy (non-hydrogen) atoms. The second kappa shape index (κ2) is 7.46. The van der Waals surface area contributed by atoms with E-state index in [0.717, 1.165) is 12.8 Å². The Balaban J connectivity index is 2.35. The predicted molar refractivity (Wildman–Crippen MR) is 74.9 cm³/mol.